The van der Waals surface area contributed by atoms with Crippen molar-refractivity contribution in [2.75, 3.05) is 0 Å². The minimum absolute atomic E-state index is 0.0661. The van der Waals surface area contributed by atoms with Crippen LogP contribution in [0.4, 0.5) is 0 Å². The SMILES string of the molecule is Cc1cc2c(c(=O)n1Cc1ccco1)[C@H](c1cccc(Cl)c1Cl)C(C#N)=C(N)O2. The number of benzene rings is 1. The van der Waals surface area contributed by atoms with Gasteiger partial charge in [-0.3, -0.25) is 4.79 Å². The molecule has 0 spiro atoms. The summed E-state index contributed by atoms with van der Waals surface area (Å²) in [7, 11) is 0. The highest BCUT2D eigenvalue weighted by atomic mass is 35.5. The predicted octanol–water partition coefficient (Wildman–Crippen LogP) is 4.32. The first-order valence-corrected chi connectivity index (χ1v) is 9.46. The highest BCUT2D eigenvalue weighted by Crippen LogP contribution is 2.44. The van der Waals surface area contributed by atoms with E-state index in [1.807, 2.05) is 0 Å². The maximum atomic E-state index is 13.5. The summed E-state index contributed by atoms with van der Waals surface area (Å²) in [5.41, 5.74) is 7.23. The van der Waals surface area contributed by atoms with Gasteiger partial charge in [0.2, 0.25) is 5.88 Å². The molecule has 4 rings (SSSR count). The number of halogens is 2. The Morgan fingerprint density at radius 3 is 2.76 bits per heavy atom. The summed E-state index contributed by atoms with van der Waals surface area (Å²) in [6.07, 6.45) is 1.54. The summed E-state index contributed by atoms with van der Waals surface area (Å²) in [6, 6.07) is 12.4. The highest BCUT2D eigenvalue weighted by molar-refractivity contribution is 6.42. The molecule has 1 aliphatic rings. The number of hydrogen-bond donors (Lipinski definition) is 1. The monoisotopic (exact) mass is 427 g/mol. The molecule has 0 aliphatic carbocycles. The third kappa shape index (κ3) is 3.19. The van der Waals surface area contributed by atoms with Crippen LogP contribution in [-0.4, -0.2) is 4.57 Å². The Labute approximate surface area is 176 Å². The van der Waals surface area contributed by atoms with Crippen LogP contribution in [-0.2, 0) is 6.54 Å². The maximum absolute atomic E-state index is 13.5. The van der Waals surface area contributed by atoms with Gasteiger partial charge >= 0.3 is 0 Å². The lowest BCUT2D eigenvalue weighted by Gasteiger charge is -2.28. The molecule has 0 saturated heterocycles. The van der Waals surface area contributed by atoms with Crippen LogP contribution in [0.25, 0.3) is 0 Å². The summed E-state index contributed by atoms with van der Waals surface area (Å²) in [5.74, 6) is 0.0510. The lowest BCUT2D eigenvalue weighted by molar-refractivity contribution is 0.387. The van der Waals surface area contributed by atoms with Gasteiger partial charge in [-0.15, -0.1) is 0 Å². The first-order valence-electron chi connectivity index (χ1n) is 8.70. The molecule has 6 nitrogen and oxygen atoms in total. The Kier molecular flexibility index (Phi) is 4.87. The Morgan fingerprint density at radius 2 is 2.07 bits per heavy atom. The Morgan fingerprint density at radius 1 is 1.28 bits per heavy atom. The number of allylic oxidation sites excluding steroid dienone is 1. The van der Waals surface area contributed by atoms with Gasteiger partial charge in [-0.05, 0) is 30.7 Å². The summed E-state index contributed by atoms with van der Waals surface area (Å²) in [6.45, 7) is 2.02. The number of nitrogens with two attached hydrogens (primary N) is 1. The van der Waals surface area contributed by atoms with Crippen molar-refractivity contribution in [3.8, 4) is 11.8 Å². The molecular formula is C21H15Cl2N3O3. The standard InChI is InChI=1S/C21H15Cl2N3O3/c1-11-8-16-18(21(27)26(11)10-12-4-3-7-28-12)17(14(9-24)20(25)29-16)13-5-2-6-15(22)19(13)23/h2-8,17H,10,25H2,1H3/t17-/m1/s1. The lowest BCUT2D eigenvalue weighted by Crippen LogP contribution is -2.33. The summed E-state index contributed by atoms with van der Waals surface area (Å²) in [4.78, 5) is 13.5. The van der Waals surface area contributed by atoms with E-state index in [1.54, 1.807) is 54.2 Å². The van der Waals surface area contributed by atoms with Crippen molar-refractivity contribution < 1.29 is 9.15 Å². The van der Waals surface area contributed by atoms with Gasteiger partial charge in [0.25, 0.3) is 5.56 Å². The average Bonchev–Trinajstić information content (AvgIpc) is 3.20. The number of fused-ring (bicyclic) bond motifs is 1. The van der Waals surface area contributed by atoms with E-state index in [0.717, 1.165) is 0 Å². The van der Waals surface area contributed by atoms with E-state index in [-0.39, 0.29) is 34.1 Å². The van der Waals surface area contributed by atoms with E-state index < -0.39 is 5.92 Å². The molecule has 0 unspecified atom stereocenters. The second-order valence-electron chi connectivity index (χ2n) is 6.60. The van der Waals surface area contributed by atoms with Crippen LogP contribution in [0.2, 0.25) is 10.0 Å². The van der Waals surface area contributed by atoms with Gasteiger partial charge in [-0.2, -0.15) is 5.26 Å². The van der Waals surface area contributed by atoms with Crippen molar-refractivity contribution in [1.29, 1.82) is 5.26 Å². The molecular weight excluding hydrogens is 413 g/mol. The van der Waals surface area contributed by atoms with E-state index in [0.29, 0.717) is 27.8 Å². The van der Waals surface area contributed by atoms with Crippen LogP contribution >= 0.6 is 23.2 Å². The van der Waals surface area contributed by atoms with Crippen molar-refractivity contribution >= 4 is 23.2 Å². The number of rotatable bonds is 3. The van der Waals surface area contributed by atoms with Crippen molar-refractivity contribution in [1.82, 2.24) is 4.57 Å². The van der Waals surface area contributed by atoms with Crippen LogP contribution in [0.1, 0.15) is 28.5 Å². The normalized spacial score (nSPS) is 15.6. The number of ether oxygens (including phenoxy) is 1. The Balaban J connectivity index is 1.99. The average molecular weight is 428 g/mol. The quantitative estimate of drug-likeness (QED) is 0.671. The largest absolute Gasteiger partial charge is 0.467 e. The minimum atomic E-state index is -0.800. The van der Waals surface area contributed by atoms with E-state index in [9.17, 15) is 10.1 Å². The van der Waals surface area contributed by atoms with E-state index in [1.165, 1.54) is 0 Å². The molecule has 1 atom stereocenters. The fraction of sp³-hybridized carbons (Fsp3) is 0.143. The first-order chi connectivity index (χ1) is 13.9. The number of aryl methyl sites for hydroxylation is 1. The molecule has 2 aromatic heterocycles. The van der Waals surface area contributed by atoms with Crippen LogP contribution < -0.4 is 16.0 Å². The third-order valence-corrected chi connectivity index (χ3v) is 5.71. The van der Waals surface area contributed by atoms with E-state index in [4.69, 9.17) is 38.1 Å². The van der Waals surface area contributed by atoms with Gasteiger partial charge in [0.15, 0.2) is 0 Å². The number of pyridine rings is 1. The first kappa shape index (κ1) is 19.2. The van der Waals surface area contributed by atoms with Gasteiger partial charge in [0.1, 0.15) is 23.2 Å². The van der Waals surface area contributed by atoms with Crippen molar-refractivity contribution in [2.24, 2.45) is 5.73 Å². The molecule has 1 aliphatic heterocycles. The predicted molar refractivity (Wildman–Crippen MR) is 109 cm³/mol. The lowest BCUT2D eigenvalue weighted by atomic mass is 9.84. The molecule has 3 heterocycles. The van der Waals surface area contributed by atoms with Gasteiger partial charge in [-0.1, -0.05) is 35.3 Å². The molecule has 3 aromatic rings. The van der Waals surface area contributed by atoms with Gasteiger partial charge in [-0.25, -0.2) is 0 Å². The van der Waals surface area contributed by atoms with E-state index >= 15 is 0 Å². The van der Waals surface area contributed by atoms with Gasteiger partial charge in [0, 0.05) is 11.8 Å². The zero-order valence-electron chi connectivity index (χ0n) is 15.3. The number of nitriles is 1. The second-order valence-corrected chi connectivity index (χ2v) is 7.39. The van der Waals surface area contributed by atoms with Crippen LogP contribution in [0.5, 0.6) is 5.75 Å². The third-order valence-electron chi connectivity index (χ3n) is 4.88. The molecule has 0 radical (unpaired) electrons. The van der Waals surface area contributed by atoms with Crippen LogP contribution in [0.3, 0.4) is 0 Å². The molecule has 2 N–H and O–H groups in total. The molecule has 0 amide bonds. The van der Waals surface area contributed by atoms with Crippen LogP contribution in [0.15, 0.2) is 63.3 Å². The Bertz CT molecular complexity index is 1240. The van der Waals surface area contributed by atoms with Crippen molar-refractivity contribution in [3.05, 3.63) is 97.1 Å². The zero-order chi connectivity index (χ0) is 20.7. The fourth-order valence-electron chi connectivity index (χ4n) is 3.50. The molecule has 29 heavy (non-hydrogen) atoms. The highest BCUT2D eigenvalue weighted by Gasteiger charge is 2.35. The molecule has 146 valence electrons. The van der Waals surface area contributed by atoms with E-state index in [2.05, 4.69) is 6.07 Å². The smallest absolute Gasteiger partial charge is 0.259 e. The number of nitrogens with zero attached hydrogens (tertiary/aromatic N) is 2. The topological polar surface area (TPSA) is 94.2 Å². The molecule has 0 bridgehead atoms. The second kappa shape index (κ2) is 7.36. The molecule has 1 aromatic carbocycles. The molecule has 8 heteroatoms. The summed E-state index contributed by atoms with van der Waals surface area (Å²) < 4.78 is 12.6. The van der Waals surface area contributed by atoms with Gasteiger partial charge < -0.3 is 19.5 Å². The summed E-state index contributed by atoms with van der Waals surface area (Å²) in [5, 5.41) is 10.3. The van der Waals surface area contributed by atoms with Crippen molar-refractivity contribution in [2.45, 2.75) is 19.4 Å². The van der Waals surface area contributed by atoms with Crippen molar-refractivity contribution in [3.63, 3.8) is 0 Å². The summed E-state index contributed by atoms with van der Waals surface area (Å²) >= 11 is 12.6. The Hall–Kier alpha value is -3.14. The minimum Gasteiger partial charge on any atom is -0.467 e. The number of furan rings is 1. The maximum Gasteiger partial charge on any atom is 0.259 e. The zero-order valence-corrected chi connectivity index (χ0v) is 16.8. The number of hydrogen-bond acceptors (Lipinski definition) is 5. The van der Waals surface area contributed by atoms with Crippen LogP contribution in [0, 0.1) is 18.3 Å². The molecule has 0 saturated carbocycles. The fourth-order valence-corrected chi connectivity index (χ4v) is 3.91. The number of aromatic nitrogens is 1. The molecule has 0 fully saturated rings. The van der Waals surface area contributed by atoms with Gasteiger partial charge in [0.05, 0.1) is 34.3 Å².